The monoisotopic (exact) mass is 364 g/mol. The van der Waals surface area contributed by atoms with Gasteiger partial charge < -0.3 is 19.7 Å². The topological polar surface area (TPSA) is 102 Å². The normalized spacial score (nSPS) is 11.2. The van der Waals surface area contributed by atoms with Gasteiger partial charge in [-0.15, -0.1) is 0 Å². The number of hydrogen-bond donors (Lipinski definition) is 2. The second-order valence-corrected chi connectivity index (χ2v) is 5.91. The molecule has 0 saturated heterocycles. The maximum absolute atomic E-state index is 13.5. The number of aliphatic carboxylic acids is 1. The molecule has 0 unspecified atom stereocenters. The van der Waals surface area contributed by atoms with Gasteiger partial charge in [-0.05, 0) is 25.0 Å². The molecule has 0 aliphatic rings. The first kappa shape index (κ1) is 19.4. The number of nitrogens with one attached hydrogen (secondary N) is 1. The Morgan fingerprint density at radius 3 is 2.62 bits per heavy atom. The van der Waals surface area contributed by atoms with E-state index < -0.39 is 23.2 Å². The lowest BCUT2D eigenvalue weighted by Gasteiger charge is -2.30. The molecule has 7 nitrogen and oxygen atoms in total. The van der Waals surface area contributed by atoms with Crippen molar-refractivity contribution in [2.24, 2.45) is 0 Å². The minimum atomic E-state index is -0.992. The van der Waals surface area contributed by atoms with Gasteiger partial charge in [0.2, 0.25) is 0 Å². The number of carbonyl (C=O) groups is 2. The summed E-state index contributed by atoms with van der Waals surface area (Å²) in [5.41, 5.74) is -0.847. The molecule has 0 spiro atoms. The zero-order chi connectivity index (χ0) is 19.2. The van der Waals surface area contributed by atoms with Gasteiger partial charge >= 0.3 is 5.97 Å². The standard InChI is InChI=1S/C18H21FN2O5/c1-3-18(4-2,10-16(22)23)20-17(24)14-9-12(26-21-14)11-25-15-8-6-5-7-13(15)19/h5-9H,3-4,10-11H2,1-2H3,(H,20,24)(H,22,23). The fourth-order valence-electron chi connectivity index (χ4n) is 2.51. The van der Waals surface area contributed by atoms with Crippen LogP contribution in [-0.2, 0) is 11.4 Å². The molecule has 8 heteroatoms. The quantitative estimate of drug-likeness (QED) is 0.709. The van der Waals surface area contributed by atoms with E-state index in [0.717, 1.165) is 0 Å². The highest BCUT2D eigenvalue weighted by molar-refractivity contribution is 5.93. The van der Waals surface area contributed by atoms with E-state index in [9.17, 15) is 14.0 Å². The number of aromatic nitrogens is 1. The molecule has 2 aromatic rings. The largest absolute Gasteiger partial charge is 0.482 e. The molecule has 2 rings (SSSR count). The molecule has 1 amide bonds. The van der Waals surface area contributed by atoms with E-state index in [1.165, 1.54) is 18.2 Å². The first-order valence-corrected chi connectivity index (χ1v) is 8.26. The Hall–Kier alpha value is -2.90. The molecule has 140 valence electrons. The van der Waals surface area contributed by atoms with Crippen molar-refractivity contribution in [2.75, 3.05) is 0 Å². The van der Waals surface area contributed by atoms with Gasteiger partial charge in [-0.25, -0.2) is 4.39 Å². The predicted octanol–water partition coefficient (Wildman–Crippen LogP) is 3.16. The summed E-state index contributed by atoms with van der Waals surface area (Å²) in [6.07, 6.45) is 0.734. The van der Waals surface area contributed by atoms with E-state index in [4.69, 9.17) is 14.4 Å². The van der Waals surface area contributed by atoms with Crippen molar-refractivity contribution in [3.63, 3.8) is 0 Å². The van der Waals surface area contributed by atoms with Gasteiger partial charge in [0.05, 0.1) is 12.0 Å². The Bertz CT molecular complexity index is 770. The molecule has 0 atom stereocenters. The summed E-state index contributed by atoms with van der Waals surface area (Å²) < 4.78 is 23.8. The highest BCUT2D eigenvalue weighted by Crippen LogP contribution is 2.21. The average Bonchev–Trinajstić information content (AvgIpc) is 3.09. The van der Waals surface area contributed by atoms with Crippen LogP contribution in [0.15, 0.2) is 34.9 Å². The minimum absolute atomic E-state index is 0.00815. The fourth-order valence-corrected chi connectivity index (χ4v) is 2.51. The third kappa shape index (κ3) is 4.81. The first-order chi connectivity index (χ1) is 12.4. The van der Waals surface area contributed by atoms with E-state index in [0.29, 0.717) is 12.8 Å². The molecule has 2 N–H and O–H groups in total. The number of benzene rings is 1. The second kappa shape index (κ2) is 8.46. The Morgan fingerprint density at radius 2 is 2.00 bits per heavy atom. The van der Waals surface area contributed by atoms with Crippen molar-refractivity contribution in [1.29, 1.82) is 0 Å². The number of hydrogen-bond acceptors (Lipinski definition) is 5. The molecule has 0 aliphatic carbocycles. The smallest absolute Gasteiger partial charge is 0.305 e. The van der Waals surface area contributed by atoms with Crippen LogP contribution in [0.3, 0.4) is 0 Å². The third-order valence-electron chi connectivity index (χ3n) is 4.22. The summed E-state index contributed by atoms with van der Waals surface area (Å²) in [6.45, 7) is 3.52. The van der Waals surface area contributed by atoms with Gasteiger partial charge in [-0.3, -0.25) is 9.59 Å². The van der Waals surface area contributed by atoms with Crippen LogP contribution >= 0.6 is 0 Å². The molecule has 0 aliphatic heterocycles. The van der Waals surface area contributed by atoms with Gasteiger partial charge in [0, 0.05) is 6.07 Å². The van der Waals surface area contributed by atoms with Crippen LogP contribution in [0, 0.1) is 5.82 Å². The van der Waals surface area contributed by atoms with E-state index in [1.54, 1.807) is 12.1 Å². The lowest BCUT2D eigenvalue weighted by Crippen LogP contribution is -2.49. The highest BCUT2D eigenvalue weighted by Gasteiger charge is 2.32. The molecule has 1 aromatic carbocycles. The number of rotatable bonds is 9. The number of carbonyl (C=O) groups excluding carboxylic acids is 1. The summed E-state index contributed by atoms with van der Waals surface area (Å²) in [6, 6.07) is 7.31. The minimum Gasteiger partial charge on any atom is -0.482 e. The number of carboxylic acid groups (broad SMARTS) is 1. The number of ether oxygens (including phenoxy) is 1. The third-order valence-corrected chi connectivity index (χ3v) is 4.22. The van der Waals surface area contributed by atoms with Crippen molar-refractivity contribution in [3.8, 4) is 5.75 Å². The van der Waals surface area contributed by atoms with E-state index >= 15 is 0 Å². The average molecular weight is 364 g/mol. The first-order valence-electron chi connectivity index (χ1n) is 8.26. The zero-order valence-corrected chi connectivity index (χ0v) is 14.6. The molecule has 0 saturated carbocycles. The van der Waals surface area contributed by atoms with E-state index in [2.05, 4.69) is 10.5 Å². The Labute approximate surface area is 150 Å². The second-order valence-electron chi connectivity index (χ2n) is 5.91. The lowest BCUT2D eigenvalue weighted by molar-refractivity contribution is -0.138. The number of carboxylic acids is 1. The van der Waals surface area contributed by atoms with Crippen LogP contribution in [0.2, 0.25) is 0 Å². The Kier molecular flexibility index (Phi) is 6.32. The summed E-state index contributed by atoms with van der Waals surface area (Å²) in [5.74, 6) is -1.72. The molecular formula is C18H21FN2O5. The maximum atomic E-state index is 13.5. The lowest BCUT2D eigenvalue weighted by atomic mass is 9.89. The maximum Gasteiger partial charge on any atom is 0.305 e. The number of para-hydroxylation sites is 1. The van der Waals surface area contributed by atoms with Crippen molar-refractivity contribution < 1.29 is 28.3 Å². The SMILES string of the molecule is CCC(CC)(CC(=O)O)NC(=O)c1cc(COc2ccccc2F)on1. The fraction of sp³-hybridized carbons (Fsp3) is 0.389. The molecule has 1 aromatic heterocycles. The van der Waals surface area contributed by atoms with Crippen LogP contribution in [0.25, 0.3) is 0 Å². The molecule has 0 bridgehead atoms. The van der Waals surface area contributed by atoms with Crippen molar-refractivity contribution in [1.82, 2.24) is 10.5 Å². The van der Waals surface area contributed by atoms with Crippen molar-refractivity contribution >= 4 is 11.9 Å². The van der Waals surface area contributed by atoms with Gasteiger partial charge in [-0.2, -0.15) is 0 Å². The van der Waals surface area contributed by atoms with Gasteiger partial charge in [0.25, 0.3) is 5.91 Å². The molecule has 1 heterocycles. The highest BCUT2D eigenvalue weighted by atomic mass is 19.1. The summed E-state index contributed by atoms with van der Waals surface area (Å²) >= 11 is 0. The molecule has 0 fully saturated rings. The molecule has 26 heavy (non-hydrogen) atoms. The van der Waals surface area contributed by atoms with Crippen LogP contribution in [0.1, 0.15) is 49.4 Å². The van der Waals surface area contributed by atoms with Crippen LogP contribution in [0.5, 0.6) is 5.75 Å². The number of nitrogens with zero attached hydrogens (tertiary/aromatic N) is 1. The van der Waals surface area contributed by atoms with Gasteiger partial charge in [0.15, 0.2) is 23.0 Å². The Morgan fingerprint density at radius 1 is 1.31 bits per heavy atom. The summed E-state index contributed by atoms with van der Waals surface area (Å²) in [4.78, 5) is 23.4. The van der Waals surface area contributed by atoms with Crippen molar-refractivity contribution in [2.45, 2.75) is 45.3 Å². The van der Waals surface area contributed by atoms with Crippen molar-refractivity contribution in [3.05, 3.63) is 47.6 Å². The van der Waals surface area contributed by atoms with Crippen LogP contribution in [0.4, 0.5) is 4.39 Å². The summed E-state index contributed by atoms with van der Waals surface area (Å²) in [7, 11) is 0. The van der Waals surface area contributed by atoms with Crippen LogP contribution in [-0.4, -0.2) is 27.7 Å². The predicted molar refractivity (Wildman–Crippen MR) is 90.3 cm³/mol. The van der Waals surface area contributed by atoms with Crippen LogP contribution < -0.4 is 10.1 Å². The molecule has 0 radical (unpaired) electrons. The molecular weight excluding hydrogens is 343 g/mol. The van der Waals surface area contributed by atoms with Gasteiger partial charge in [0.1, 0.15) is 6.61 Å². The summed E-state index contributed by atoms with van der Waals surface area (Å²) in [5, 5.41) is 15.5. The zero-order valence-electron chi connectivity index (χ0n) is 14.6. The number of halogens is 1. The number of amides is 1. The van der Waals surface area contributed by atoms with E-state index in [1.807, 2.05) is 13.8 Å². The Balaban J connectivity index is 2.02. The van der Waals surface area contributed by atoms with Gasteiger partial charge in [-0.1, -0.05) is 31.1 Å². The van der Waals surface area contributed by atoms with E-state index in [-0.39, 0.29) is 30.2 Å².